The van der Waals surface area contributed by atoms with Crippen LogP contribution in [0, 0.1) is 0 Å². The van der Waals surface area contributed by atoms with Crippen LogP contribution < -0.4 is 5.32 Å². The molecule has 96 valence electrons. The number of carbonyl (C=O) groups excluding carboxylic acids is 1. The SMILES string of the molecule is CCC(C)c1ccc(NC(=O)/C=C/C(=O)O)cc1. The van der Waals surface area contributed by atoms with Crippen molar-refractivity contribution < 1.29 is 14.7 Å². The number of carboxylic acids is 1. The van der Waals surface area contributed by atoms with Crippen LogP contribution in [0.3, 0.4) is 0 Å². The first kappa shape index (κ1) is 14.0. The Kier molecular flexibility index (Phi) is 5.11. The molecule has 0 saturated carbocycles. The van der Waals surface area contributed by atoms with E-state index in [1.54, 1.807) is 0 Å². The molecule has 0 saturated heterocycles. The molecule has 0 heterocycles. The van der Waals surface area contributed by atoms with Gasteiger partial charge in [-0.05, 0) is 30.0 Å². The van der Waals surface area contributed by atoms with Crippen LogP contribution in [0.4, 0.5) is 5.69 Å². The Morgan fingerprint density at radius 1 is 1.28 bits per heavy atom. The van der Waals surface area contributed by atoms with Gasteiger partial charge in [-0.1, -0.05) is 26.0 Å². The van der Waals surface area contributed by atoms with Crippen molar-refractivity contribution >= 4 is 17.6 Å². The molecule has 0 aliphatic carbocycles. The number of amides is 1. The number of nitrogens with one attached hydrogen (secondary N) is 1. The van der Waals surface area contributed by atoms with E-state index in [2.05, 4.69) is 19.2 Å². The van der Waals surface area contributed by atoms with Gasteiger partial charge >= 0.3 is 5.97 Å². The van der Waals surface area contributed by atoms with Gasteiger partial charge in [0.1, 0.15) is 0 Å². The average molecular weight is 247 g/mol. The minimum Gasteiger partial charge on any atom is -0.478 e. The van der Waals surface area contributed by atoms with Crippen LogP contribution in [0.25, 0.3) is 0 Å². The summed E-state index contributed by atoms with van der Waals surface area (Å²) in [6.07, 6.45) is 2.86. The van der Waals surface area contributed by atoms with E-state index in [0.29, 0.717) is 11.6 Å². The molecule has 1 aromatic rings. The number of aliphatic carboxylic acids is 1. The van der Waals surface area contributed by atoms with E-state index >= 15 is 0 Å². The third-order valence-corrected chi connectivity index (χ3v) is 2.74. The Bertz CT molecular complexity index is 449. The Balaban J connectivity index is 2.64. The predicted molar refractivity (Wildman–Crippen MR) is 70.6 cm³/mol. The lowest BCUT2D eigenvalue weighted by atomic mass is 9.99. The van der Waals surface area contributed by atoms with Crippen LogP contribution in [0.5, 0.6) is 0 Å². The van der Waals surface area contributed by atoms with Gasteiger partial charge in [0.15, 0.2) is 0 Å². The highest BCUT2D eigenvalue weighted by atomic mass is 16.4. The minimum absolute atomic E-state index is 0.450. The van der Waals surface area contributed by atoms with Crippen LogP contribution in [-0.2, 0) is 9.59 Å². The largest absolute Gasteiger partial charge is 0.478 e. The molecule has 2 N–H and O–H groups in total. The van der Waals surface area contributed by atoms with Crippen LogP contribution in [-0.4, -0.2) is 17.0 Å². The van der Waals surface area contributed by atoms with Gasteiger partial charge in [-0.15, -0.1) is 0 Å². The summed E-state index contributed by atoms with van der Waals surface area (Å²) in [6.45, 7) is 4.26. The summed E-state index contributed by atoms with van der Waals surface area (Å²) < 4.78 is 0. The molecule has 1 unspecified atom stereocenters. The molecule has 1 atom stereocenters. The predicted octanol–water partition coefficient (Wildman–Crippen LogP) is 2.78. The van der Waals surface area contributed by atoms with E-state index in [9.17, 15) is 9.59 Å². The maximum Gasteiger partial charge on any atom is 0.328 e. The van der Waals surface area contributed by atoms with E-state index in [1.165, 1.54) is 5.56 Å². The van der Waals surface area contributed by atoms with Gasteiger partial charge < -0.3 is 10.4 Å². The molecule has 18 heavy (non-hydrogen) atoms. The highest BCUT2D eigenvalue weighted by Gasteiger charge is 2.03. The lowest BCUT2D eigenvalue weighted by Gasteiger charge is -2.09. The third kappa shape index (κ3) is 4.41. The Labute approximate surface area is 106 Å². The summed E-state index contributed by atoms with van der Waals surface area (Å²) in [5.74, 6) is -1.10. The lowest BCUT2D eigenvalue weighted by molar-refractivity contribution is -0.131. The highest BCUT2D eigenvalue weighted by molar-refractivity contribution is 6.02. The Morgan fingerprint density at radius 3 is 2.39 bits per heavy atom. The number of carboxylic acid groups (broad SMARTS) is 1. The second kappa shape index (κ2) is 6.59. The Hall–Kier alpha value is -2.10. The second-order valence-corrected chi connectivity index (χ2v) is 4.09. The Morgan fingerprint density at radius 2 is 1.89 bits per heavy atom. The van der Waals surface area contributed by atoms with Gasteiger partial charge in [0.05, 0.1) is 0 Å². The summed E-state index contributed by atoms with van der Waals surface area (Å²) in [4.78, 5) is 21.6. The maximum absolute atomic E-state index is 11.3. The van der Waals surface area contributed by atoms with Crippen molar-refractivity contribution in [2.24, 2.45) is 0 Å². The molecule has 1 rings (SSSR count). The number of anilines is 1. The van der Waals surface area contributed by atoms with Crippen molar-refractivity contribution in [2.75, 3.05) is 5.32 Å². The van der Waals surface area contributed by atoms with E-state index in [-0.39, 0.29) is 0 Å². The summed E-state index contributed by atoms with van der Waals surface area (Å²) in [5, 5.41) is 11.0. The molecule has 1 amide bonds. The van der Waals surface area contributed by atoms with Gasteiger partial charge in [-0.2, -0.15) is 0 Å². The zero-order valence-electron chi connectivity index (χ0n) is 10.5. The summed E-state index contributed by atoms with van der Waals surface area (Å²) >= 11 is 0. The van der Waals surface area contributed by atoms with Gasteiger partial charge in [-0.3, -0.25) is 4.79 Å². The fourth-order valence-corrected chi connectivity index (χ4v) is 1.46. The maximum atomic E-state index is 11.3. The van der Waals surface area contributed by atoms with E-state index in [0.717, 1.165) is 18.6 Å². The van der Waals surface area contributed by atoms with Crippen molar-refractivity contribution in [1.82, 2.24) is 0 Å². The highest BCUT2D eigenvalue weighted by Crippen LogP contribution is 2.20. The normalized spacial score (nSPS) is 12.3. The number of hydrogen-bond acceptors (Lipinski definition) is 2. The van der Waals surface area contributed by atoms with Crippen LogP contribution in [0.2, 0.25) is 0 Å². The first-order valence-corrected chi connectivity index (χ1v) is 5.85. The fraction of sp³-hybridized carbons (Fsp3) is 0.286. The molecule has 0 radical (unpaired) electrons. The zero-order chi connectivity index (χ0) is 13.5. The summed E-state index contributed by atoms with van der Waals surface area (Å²) in [5.41, 5.74) is 1.87. The van der Waals surface area contributed by atoms with Gasteiger partial charge in [-0.25, -0.2) is 4.79 Å². The van der Waals surface area contributed by atoms with Crippen molar-refractivity contribution in [3.05, 3.63) is 42.0 Å². The molecule has 4 heteroatoms. The molecule has 0 bridgehead atoms. The van der Waals surface area contributed by atoms with E-state index in [1.807, 2.05) is 24.3 Å². The number of benzene rings is 1. The first-order valence-electron chi connectivity index (χ1n) is 5.85. The monoisotopic (exact) mass is 247 g/mol. The van der Waals surface area contributed by atoms with Crippen LogP contribution >= 0.6 is 0 Å². The molecule has 0 aliphatic rings. The summed E-state index contributed by atoms with van der Waals surface area (Å²) in [7, 11) is 0. The standard InChI is InChI=1S/C14H17NO3/c1-3-10(2)11-4-6-12(7-5-11)15-13(16)8-9-14(17)18/h4-10H,3H2,1-2H3,(H,15,16)(H,17,18)/b9-8+. The zero-order valence-corrected chi connectivity index (χ0v) is 10.5. The van der Waals surface area contributed by atoms with E-state index in [4.69, 9.17) is 5.11 Å². The van der Waals surface area contributed by atoms with Crippen molar-refractivity contribution in [3.63, 3.8) is 0 Å². The average Bonchev–Trinajstić information content (AvgIpc) is 2.36. The summed E-state index contributed by atoms with van der Waals surface area (Å²) in [6, 6.07) is 7.55. The van der Waals surface area contributed by atoms with E-state index < -0.39 is 11.9 Å². The van der Waals surface area contributed by atoms with Gasteiger partial charge in [0.2, 0.25) is 5.91 Å². The van der Waals surface area contributed by atoms with Crippen molar-refractivity contribution in [3.8, 4) is 0 Å². The van der Waals surface area contributed by atoms with Crippen molar-refractivity contribution in [2.45, 2.75) is 26.2 Å². The molecule has 4 nitrogen and oxygen atoms in total. The third-order valence-electron chi connectivity index (χ3n) is 2.74. The fourth-order valence-electron chi connectivity index (χ4n) is 1.46. The number of rotatable bonds is 5. The molecular formula is C14H17NO3. The quantitative estimate of drug-likeness (QED) is 0.786. The molecule has 0 aromatic heterocycles. The van der Waals surface area contributed by atoms with Gasteiger partial charge in [0, 0.05) is 17.8 Å². The molecule has 0 fully saturated rings. The van der Waals surface area contributed by atoms with Gasteiger partial charge in [0.25, 0.3) is 0 Å². The number of hydrogen-bond donors (Lipinski definition) is 2. The lowest BCUT2D eigenvalue weighted by Crippen LogP contribution is -2.08. The number of carbonyl (C=O) groups is 2. The molecule has 0 spiro atoms. The topological polar surface area (TPSA) is 66.4 Å². The molecule has 1 aromatic carbocycles. The first-order chi connectivity index (χ1) is 8.52. The molecule has 0 aliphatic heterocycles. The molecular weight excluding hydrogens is 230 g/mol. The van der Waals surface area contributed by atoms with Crippen LogP contribution in [0.1, 0.15) is 31.7 Å². The second-order valence-electron chi connectivity index (χ2n) is 4.09. The van der Waals surface area contributed by atoms with Crippen molar-refractivity contribution in [1.29, 1.82) is 0 Å². The smallest absolute Gasteiger partial charge is 0.328 e. The minimum atomic E-state index is -1.14. The van der Waals surface area contributed by atoms with Crippen LogP contribution in [0.15, 0.2) is 36.4 Å².